The summed E-state index contributed by atoms with van der Waals surface area (Å²) in [5, 5.41) is 12.1. The summed E-state index contributed by atoms with van der Waals surface area (Å²) < 4.78 is 5.19. The zero-order chi connectivity index (χ0) is 13.0. The first kappa shape index (κ1) is 13.1. The number of rotatable bonds is 5. The van der Waals surface area contributed by atoms with Gasteiger partial charge in [0.2, 0.25) is 0 Å². The second-order valence-corrected chi connectivity index (χ2v) is 5.38. The number of carboxylic acid groups (broad SMARTS) is 1. The molecule has 1 aromatic heterocycles. The largest absolute Gasteiger partial charge is 0.478 e. The molecule has 0 radical (unpaired) electrons. The molecule has 2 N–H and O–H groups in total. The molecule has 4 nitrogen and oxygen atoms in total. The highest BCUT2D eigenvalue weighted by Gasteiger charge is 2.18. The van der Waals surface area contributed by atoms with Gasteiger partial charge < -0.3 is 14.8 Å². The Hall–Kier alpha value is -1.29. The van der Waals surface area contributed by atoms with Gasteiger partial charge in [0.05, 0.1) is 12.1 Å². The Balaban J connectivity index is 1.72. The molecule has 100 valence electrons. The lowest BCUT2D eigenvalue weighted by Gasteiger charge is -2.26. The molecule has 4 heteroatoms. The van der Waals surface area contributed by atoms with E-state index in [1.807, 2.05) is 0 Å². The van der Waals surface area contributed by atoms with Crippen LogP contribution in [0.5, 0.6) is 0 Å². The van der Waals surface area contributed by atoms with Crippen molar-refractivity contribution in [2.75, 3.05) is 6.54 Å². The van der Waals surface area contributed by atoms with Crippen LogP contribution < -0.4 is 5.32 Å². The van der Waals surface area contributed by atoms with Crippen LogP contribution >= 0.6 is 0 Å². The third kappa shape index (κ3) is 3.60. The fourth-order valence-corrected chi connectivity index (χ4v) is 2.73. The summed E-state index contributed by atoms with van der Waals surface area (Å²) in [6.45, 7) is 3.92. The van der Waals surface area contributed by atoms with Crippen LogP contribution in [-0.4, -0.2) is 17.6 Å². The molecule has 2 atom stereocenters. The van der Waals surface area contributed by atoms with Crippen molar-refractivity contribution >= 4 is 5.97 Å². The SMILES string of the molecule is CC1CCCC(CNCc2cc(C(=O)O)co2)C1. The van der Waals surface area contributed by atoms with Gasteiger partial charge in [-0.1, -0.05) is 19.8 Å². The highest BCUT2D eigenvalue weighted by Crippen LogP contribution is 2.27. The molecule has 0 spiro atoms. The molecule has 18 heavy (non-hydrogen) atoms. The maximum absolute atomic E-state index is 10.7. The van der Waals surface area contributed by atoms with Crippen molar-refractivity contribution in [3.63, 3.8) is 0 Å². The van der Waals surface area contributed by atoms with Crippen molar-refractivity contribution in [1.29, 1.82) is 0 Å². The van der Waals surface area contributed by atoms with Crippen molar-refractivity contribution in [2.45, 2.75) is 39.2 Å². The zero-order valence-corrected chi connectivity index (χ0v) is 10.8. The summed E-state index contributed by atoms with van der Waals surface area (Å²) in [4.78, 5) is 10.7. The summed E-state index contributed by atoms with van der Waals surface area (Å²) in [5.74, 6) is 1.35. The Bertz CT molecular complexity index is 399. The molecular weight excluding hydrogens is 230 g/mol. The Labute approximate surface area is 107 Å². The standard InChI is InChI=1S/C14H21NO3/c1-10-3-2-4-11(5-10)7-15-8-13-6-12(9-18-13)14(16)17/h6,9-11,15H,2-5,7-8H2,1H3,(H,16,17). The lowest BCUT2D eigenvalue weighted by molar-refractivity contribution is 0.0696. The predicted octanol–water partition coefficient (Wildman–Crippen LogP) is 2.89. The van der Waals surface area contributed by atoms with Gasteiger partial charge in [-0.05, 0) is 37.3 Å². The van der Waals surface area contributed by atoms with Gasteiger partial charge in [0.15, 0.2) is 0 Å². The van der Waals surface area contributed by atoms with Gasteiger partial charge in [-0.25, -0.2) is 4.79 Å². The summed E-state index contributed by atoms with van der Waals surface area (Å²) in [6.07, 6.45) is 6.58. The molecular formula is C14H21NO3. The lowest BCUT2D eigenvalue weighted by atomic mass is 9.82. The van der Waals surface area contributed by atoms with E-state index in [0.29, 0.717) is 12.3 Å². The van der Waals surface area contributed by atoms with Crippen LogP contribution in [0.15, 0.2) is 16.7 Å². The van der Waals surface area contributed by atoms with E-state index in [1.54, 1.807) is 6.07 Å². The third-order valence-corrected chi connectivity index (χ3v) is 3.68. The van der Waals surface area contributed by atoms with E-state index >= 15 is 0 Å². The number of furan rings is 1. The molecule has 1 fully saturated rings. The Morgan fingerprint density at radius 3 is 3.06 bits per heavy atom. The van der Waals surface area contributed by atoms with E-state index in [1.165, 1.54) is 31.9 Å². The van der Waals surface area contributed by atoms with E-state index in [-0.39, 0.29) is 5.56 Å². The minimum absolute atomic E-state index is 0.220. The molecule has 0 aromatic carbocycles. The monoisotopic (exact) mass is 251 g/mol. The van der Waals surface area contributed by atoms with Crippen LogP contribution in [-0.2, 0) is 6.54 Å². The molecule has 1 heterocycles. The number of aromatic carboxylic acids is 1. The van der Waals surface area contributed by atoms with Gasteiger partial charge in [-0.2, -0.15) is 0 Å². The molecule has 0 bridgehead atoms. The summed E-state index contributed by atoms with van der Waals surface area (Å²) in [6, 6.07) is 1.58. The van der Waals surface area contributed by atoms with Crippen molar-refractivity contribution in [3.8, 4) is 0 Å². The van der Waals surface area contributed by atoms with Crippen LogP contribution in [0.1, 0.15) is 48.7 Å². The van der Waals surface area contributed by atoms with Gasteiger partial charge >= 0.3 is 5.97 Å². The third-order valence-electron chi connectivity index (χ3n) is 3.68. The average molecular weight is 251 g/mol. The number of nitrogens with one attached hydrogen (secondary N) is 1. The minimum atomic E-state index is -0.939. The van der Waals surface area contributed by atoms with E-state index in [2.05, 4.69) is 12.2 Å². The molecule has 1 saturated carbocycles. The van der Waals surface area contributed by atoms with Crippen molar-refractivity contribution in [3.05, 3.63) is 23.7 Å². The fraction of sp³-hybridized carbons (Fsp3) is 0.643. The average Bonchev–Trinajstić information content (AvgIpc) is 2.78. The first-order valence-electron chi connectivity index (χ1n) is 6.66. The van der Waals surface area contributed by atoms with Gasteiger partial charge in [-0.3, -0.25) is 0 Å². The van der Waals surface area contributed by atoms with E-state index in [9.17, 15) is 4.79 Å². The molecule has 2 rings (SSSR count). The first-order valence-corrected chi connectivity index (χ1v) is 6.66. The topological polar surface area (TPSA) is 62.5 Å². The van der Waals surface area contributed by atoms with Crippen molar-refractivity contribution in [1.82, 2.24) is 5.32 Å². The fourth-order valence-electron chi connectivity index (χ4n) is 2.73. The normalized spacial score (nSPS) is 24.1. The van der Waals surface area contributed by atoms with Crippen LogP contribution in [0.4, 0.5) is 0 Å². The molecule has 0 aliphatic heterocycles. The van der Waals surface area contributed by atoms with E-state index in [0.717, 1.165) is 18.4 Å². The molecule has 1 aliphatic carbocycles. The molecule has 1 aromatic rings. The summed E-state index contributed by atoms with van der Waals surface area (Å²) in [5.41, 5.74) is 0.220. The van der Waals surface area contributed by atoms with E-state index < -0.39 is 5.97 Å². The predicted molar refractivity (Wildman–Crippen MR) is 68.5 cm³/mol. The highest BCUT2D eigenvalue weighted by molar-refractivity contribution is 5.87. The van der Waals surface area contributed by atoms with E-state index in [4.69, 9.17) is 9.52 Å². The number of carboxylic acids is 1. The van der Waals surface area contributed by atoms with Crippen molar-refractivity contribution in [2.24, 2.45) is 11.8 Å². The molecule has 0 amide bonds. The molecule has 1 aliphatic rings. The molecule has 2 unspecified atom stereocenters. The van der Waals surface area contributed by atoms with Gasteiger partial charge in [0, 0.05) is 0 Å². The Kier molecular flexibility index (Phi) is 4.42. The van der Waals surface area contributed by atoms with Crippen LogP contribution in [0.25, 0.3) is 0 Å². The quantitative estimate of drug-likeness (QED) is 0.844. The van der Waals surface area contributed by atoms with Crippen LogP contribution in [0.3, 0.4) is 0 Å². The summed E-state index contributed by atoms with van der Waals surface area (Å²) >= 11 is 0. The zero-order valence-electron chi connectivity index (χ0n) is 10.8. The highest BCUT2D eigenvalue weighted by atomic mass is 16.4. The van der Waals surface area contributed by atoms with Gasteiger partial charge in [0.1, 0.15) is 12.0 Å². The van der Waals surface area contributed by atoms with Gasteiger partial charge in [0.25, 0.3) is 0 Å². The first-order chi connectivity index (χ1) is 8.65. The summed E-state index contributed by atoms with van der Waals surface area (Å²) in [7, 11) is 0. The van der Waals surface area contributed by atoms with Crippen LogP contribution in [0, 0.1) is 11.8 Å². The Morgan fingerprint density at radius 2 is 2.39 bits per heavy atom. The minimum Gasteiger partial charge on any atom is -0.478 e. The maximum atomic E-state index is 10.7. The van der Waals surface area contributed by atoms with Gasteiger partial charge in [-0.15, -0.1) is 0 Å². The number of carbonyl (C=O) groups is 1. The Morgan fingerprint density at radius 1 is 1.56 bits per heavy atom. The smallest absolute Gasteiger partial charge is 0.338 e. The second-order valence-electron chi connectivity index (χ2n) is 5.38. The maximum Gasteiger partial charge on any atom is 0.338 e. The lowest BCUT2D eigenvalue weighted by Crippen LogP contribution is -2.26. The van der Waals surface area contributed by atoms with Crippen molar-refractivity contribution < 1.29 is 14.3 Å². The second kappa shape index (κ2) is 6.05. The molecule has 0 saturated heterocycles. The van der Waals surface area contributed by atoms with Crippen LogP contribution in [0.2, 0.25) is 0 Å². The number of hydrogen-bond acceptors (Lipinski definition) is 3. The number of hydrogen-bond donors (Lipinski definition) is 2.